The summed E-state index contributed by atoms with van der Waals surface area (Å²) in [6.45, 7) is 2.48. The minimum Gasteiger partial charge on any atom is -0.396 e. The predicted molar refractivity (Wildman–Crippen MR) is 56.5 cm³/mol. The molecule has 2 heterocycles. The van der Waals surface area contributed by atoms with Crippen LogP contribution in [0.4, 0.5) is 5.95 Å². The van der Waals surface area contributed by atoms with Gasteiger partial charge in [-0.2, -0.15) is 0 Å². The molecule has 0 radical (unpaired) electrons. The van der Waals surface area contributed by atoms with Crippen molar-refractivity contribution in [1.82, 2.24) is 9.97 Å². The molecule has 1 saturated carbocycles. The van der Waals surface area contributed by atoms with E-state index >= 15 is 0 Å². The number of aromatic nitrogens is 2. The molecule has 1 saturated heterocycles. The second-order valence-corrected chi connectivity index (χ2v) is 4.86. The molecular weight excluding hydrogens is 190 g/mol. The molecule has 4 heteroatoms. The average molecular weight is 205 g/mol. The summed E-state index contributed by atoms with van der Waals surface area (Å²) in [6, 6.07) is 1.84. The van der Waals surface area contributed by atoms with Gasteiger partial charge in [0.25, 0.3) is 0 Å². The maximum Gasteiger partial charge on any atom is 0.225 e. The molecule has 1 aliphatic heterocycles. The van der Waals surface area contributed by atoms with E-state index in [4.69, 9.17) is 5.11 Å². The molecule has 0 aromatic carbocycles. The van der Waals surface area contributed by atoms with Gasteiger partial charge in [-0.1, -0.05) is 0 Å². The quantitative estimate of drug-likeness (QED) is 0.771. The van der Waals surface area contributed by atoms with Crippen molar-refractivity contribution in [2.45, 2.75) is 12.8 Å². The molecule has 15 heavy (non-hydrogen) atoms. The van der Waals surface area contributed by atoms with Gasteiger partial charge in [-0.25, -0.2) is 9.97 Å². The van der Waals surface area contributed by atoms with E-state index in [1.165, 1.54) is 12.8 Å². The van der Waals surface area contributed by atoms with Crippen LogP contribution in [0, 0.1) is 11.3 Å². The lowest BCUT2D eigenvalue weighted by Gasteiger charge is -2.58. The first-order valence-electron chi connectivity index (χ1n) is 5.44. The van der Waals surface area contributed by atoms with Crippen molar-refractivity contribution in [2.24, 2.45) is 11.3 Å². The minimum absolute atomic E-state index is 0.351. The zero-order valence-electron chi connectivity index (χ0n) is 8.63. The first-order chi connectivity index (χ1) is 7.31. The van der Waals surface area contributed by atoms with Gasteiger partial charge in [-0.05, 0) is 24.8 Å². The summed E-state index contributed by atoms with van der Waals surface area (Å²) < 4.78 is 0. The minimum atomic E-state index is 0.351. The third kappa shape index (κ3) is 1.40. The zero-order chi connectivity index (χ0) is 10.3. The number of rotatable bonds is 2. The Labute approximate surface area is 89.0 Å². The van der Waals surface area contributed by atoms with E-state index in [9.17, 15) is 0 Å². The number of nitrogens with zero attached hydrogens (tertiary/aromatic N) is 3. The van der Waals surface area contributed by atoms with Crippen molar-refractivity contribution in [3.63, 3.8) is 0 Å². The van der Waals surface area contributed by atoms with Gasteiger partial charge in [-0.3, -0.25) is 0 Å². The van der Waals surface area contributed by atoms with Crippen molar-refractivity contribution in [3.8, 4) is 0 Å². The van der Waals surface area contributed by atoms with Crippen LogP contribution >= 0.6 is 0 Å². The summed E-state index contributed by atoms with van der Waals surface area (Å²) in [6.07, 6.45) is 5.91. The van der Waals surface area contributed by atoms with E-state index in [1.807, 2.05) is 6.07 Å². The third-order valence-electron chi connectivity index (χ3n) is 3.59. The molecule has 3 rings (SSSR count). The Morgan fingerprint density at radius 3 is 2.60 bits per heavy atom. The van der Waals surface area contributed by atoms with Gasteiger partial charge >= 0.3 is 0 Å². The van der Waals surface area contributed by atoms with Crippen molar-refractivity contribution in [2.75, 3.05) is 24.6 Å². The SMILES string of the molecule is OCC1CC2(C1)CN(c1ncccn1)C2. The van der Waals surface area contributed by atoms with Crippen molar-refractivity contribution in [1.29, 1.82) is 0 Å². The van der Waals surface area contributed by atoms with E-state index in [1.54, 1.807) is 12.4 Å². The Bertz CT molecular complexity index is 340. The molecule has 2 fully saturated rings. The summed E-state index contributed by atoms with van der Waals surface area (Å²) in [4.78, 5) is 10.7. The second-order valence-electron chi connectivity index (χ2n) is 4.86. The van der Waals surface area contributed by atoms with E-state index in [0.717, 1.165) is 19.0 Å². The van der Waals surface area contributed by atoms with Crippen LogP contribution in [0.15, 0.2) is 18.5 Å². The topological polar surface area (TPSA) is 49.2 Å². The molecule has 1 aromatic heterocycles. The van der Waals surface area contributed by atoms with Crippen LogP contribution in [-0.2, 0) is 0 Å². The average Bonchev–Trinajstić information content (AvgIpc) is 2.16. The Hall–Kier alpha value is -1.16. The molecule has 1 spiro atoms. The number of hydrogen-bond donors (Lipinski definition) is 1. The fourth-order valence-electron chi connectivity index (χ4n) is 2.91. The van der Waals surface area contributed by atoms with Crippen LogP contribution in [0.2, 0.25) is 0 Å². The van der Waals surface area contributed by atoms with E-state index in [0.29, 0.717) is 17.9 Å². The fourth-order valence-corrected chi connectivity index (χ4v) is 2.91. The van der Waals surface area contributed by atoms with E-state index in [-0.39, 0.29) is 0 Å². The third-order valence-corrected chi connectivity index (χ3v) is 3.59. The highest BCUT2D eigenvalue weighted by Crippen LogP contribution is 2.52. The smallest absolute Gasteiger partial charge is 0.225 e. The fraction of sp³-hybridized carbons (Fsp3) is 0.636. The van der Waals surface area contributed by atoms with Gasteiger partial charge < -0.3 is 10.0 Å². The van der Waals surface area contributed by atoms with E-state index in [2.05, 4.69) is 14.9 Å². The maximum absolute atomic E-state index is 8.98. The molecule has 1 N–H and O–H groups in total. The standard InChI is InChI=1S/C11H15N3O/c15-6-9-4-11(5-9)7-14(8-11)10-12-2-1-3-13-10/h1-3,9,15H,4-8H2. The number of aliphatic hydroxyl groups is 1. The highest BCUT2D eigenvalue weighted by molar-refractivity contribution is 5.36. The second kappa shape index (κ2) is 3.17. The Morgan fingerprint density at radius 2 is 2.00 bits per heavy atom. The number of aliphatic hydroxyl groups excluding tert-OH is 1. The summed E-state index contributed by atoms with van der Waals surface area (Å²) in [5.74, 6) is 1.39. The lowest BCUT2D eigenvalue weighted by molar-refractivity contribution is -0.00722. The molecular formula is C11H15N3O. The zero-order valence-corrected chi connectivity index (χ0v) is 8.63. The first kappa shape index (κ1) is 9.09. The lowest BCUT2D eigenvalue weighted by Crippen LogP contribution is -2.63. The van der Waals surface area contributed by atoms with Crippen molar-refractivity contribution < 1.29 is 5.11 Å². The van der Waals surface area contributed by atoms with Crippen LogP contribution in [-0.4, -0.2) is 34.8 Å². The molecule has 0 atom stereocenters. The molecule has 0 unspecified atom stereocenters. The monoisotopic (exact) mass is 205 g/mol. The van der Waals surface area contributed by atoms with Gasteiger partial charge in [0.15, 0.2) is 0 Å². The molecule has 0 amide bonds. The molecule has 0 bridgehead atoms. The largest absolute Gasteiger partial charge is 0.396 e. The van der Waals surface area contributed by atoms with E-state index < -0.39 is 0 Å². The van der Waals surface area contributed by atoms with Gasteiger partial charge in [-0.15, -0.1) is 0 Å². The summed E-state index contributed by atoms with van der Waals surface area (Å²) in [5.41, 5.74) is 0.479. The van der Waals surface area contributed by atoms with Crippen LogP contribution in [0.3, 0.4) is 0 Å². The van der Waals surface area contributed by atoms with Gasteiger partial charge in [0.2, 0.25) is 5.95 Å². The summed E-state index contributed by atoms with van der Waals surface area (Å²) >= 11 is 0. The molecule has 2 aliphatic rings. The van der Waals surface area contributed by atoms with Crippen LogP contribution in [0.1, 0.15) is 12.8 Å². The van der Waals surface area contributed by atoms with Crippen molar-refractivity contribution >= 4 is 5.95 Å². The molecule has 80 valence electrons. The van der Waals surface area contributed by atoms with Gasteiger partial charge in [0.05, 0.1) is 0 Å². The summed E-state index contributed by atoms with van der Waals surface area (Å²) in [7, 11) is 0. The van der Waals surface area contributed by atoms with Crippen molar-refractivity contribution in [3.05, 3.63) is 18.5 Å². The maximum atomic E-state index is 8.98. The van der Waals surface area contributed by atoms with Crippen LogP contribution in [0.25, 0.3) is 0 Å². The highest BCUT2D eigenvalue weighted by atomic mass is 16.3. The number of anilines is 1. The lowest BCUT2D eigenvalue weighted by atomic mass is 9.58. The normalized spacial score (nSPS) is 23.7. The Balaban J connectivity index is 1.59. The van der Waals surface area contributed by atoms with Gasteiger partial charge in [0.1, 0.15) is 0 Å². The molecule has 1 aromatic rings. The van der Waals surface area contributed by atoms with Crippen LogP contribution < -0.4 is 4.90 Å². The predicted octanol–water partition coefficient (Wildman–Crippen LogP) is 0.685. The highest BCUT2D eigenvalue weighted by Gasteiger charge is 2.52. The Kier molecular flexibility index (Phi) is 1.92. The molecule has 1 aliphatic carbocycles. The van der Waals surface area contributed by atoms with Crippen LogP contribution in [0.5, 0.6) is 0 Å². The summed E-state index contributed by atoms with van der Waals surface area (Å²) in [5, 5.41) is 8.98. The Morgan fingerprint density at radius 1 is 1.33 bits per heavy atom. The molecule has 4 nitrogen and oxygen atoms in total. The number of hydrogen-bond acceptors (Lipinski definition) is 4. The van der Waals surface area contributed by atoms with Gasteiger partial charge in [0, 0.05) is 37.5 Å². The first-order valence-corrected chi connectivity index (χ1v) is 5.44.